The molecule has 0 rings (SSSR count). The lowest BCUT2D eigenvalue weighted by Gasteiger charge is -2.21. The average molecular weight is 1330 g/mol. The van der Waals surface area contributed by atoms with Gasteiger partial charge in [0.1, 0.15) is 19.3 Å². The van der Waals surface area contributed by atoms with E-state index in [9.17, 15) is 43.2 Å². The van der Waals surface area contributed by atoms with Gasteiger partial charge in [-0.2, -0.15) is 0 Å². The van der Waals surface area contributed by atoms with E-state index in [-0.39, 0.29) is 25.7 Å². The molecule has 0 fully saturated rings. The maximum Gasteiger partial charge on any atom is 0.472 e. The molecule has 0 amide bonds. The molecule has 0 heterocycles. The van der Waals surface area contributed by atoms with Crippen LogP contribution in [0.4, 0.5) is 0 Å². The van der Waals surface area contributed by atoms with E-state index < -0.39 is 97.5 Å². The normalized spacial score (nSPS) is 14.1. The van der Waals surface area contributed by atoms with Gasteiger partial charge in [-0.15, -0.1) is 0 Å². The summed E-state index contributed by atoms with van der Waals surface area (Å²) >= 11 is 0. The van der Waals surface area contributed by atoms with Gasteiger partial charge in [0.05, 0.1) is 26.4 Å². The Labute approximate surface area is 549 Å². The van der Waals surface area contributed by atoms with E-state index in [1.807, 2.05) is 0 Å². The van der Waals surface area contributed by atoms with Crippen molar-refractivity contribution in [3.63, 3.8) is 0 Å². The predicted molar refractivity (Wildman–Crippen MR) is 363 cm³/mol. The Balaban J connectivity index is 5.23. The molecule has 17 nitrogen and oxygen atoms in total. The molecule has 0 saturated carbocycles. The summed E-state index contributed by atoms with van der Waals surface area (Å²) < 4.78 is 68.3. The first-order valence-corrected chi connectivity index (χ1v) is 40.0. The first-order chi connectivity index (χ1) is 43.4. The SMILES string of the molecule is CCCCCCCCCCCCCCCC(=O)O[C@H](COC(=O)CCCCCCCCCC)COP(=O)(O)OC[C@H](O)COP(=O)(O)OC[C@@H](COC(=O)CCCCCCCCCCCCCC(C)C)OC(=O)CCCCCCCCCCCCCCC(C)C. The molecule has 0 aromatic heterocycles. The molecule has 19 heteroatoms. The smallest absolute Gasteiger partial charge is 0.462 e. The van der Waals surface area contributed by atoms with Crippen LogP contribution in [0.5, 0.6) is 0 Å². The summed E-state index contributed by atoms with van der Waals surface area (Å²) in [5.74, 6) is -0.575. The monoisotopic (exact) mass is 1320 g/mol. The quantitative estimate of drug-likeness (QED) is 0.0222. The van der Waals surface area contributed by atoms with Gasteiger partial charge < -0.3 is 33.8 Å². The minimum Gasteiger partial charge on any atom is -0.462 e. The van der Waals surface area contributed by atoms with Crippen LogP contribution in [-0.2, 0) is 65.4 Å². The van der Waals surface area contributed by atoms with E-state index in [1.54, 1.807) is 0 Å². The van der Waals surface area contributed by atoms with Crippen molar-refractivity contribution in [2.24, 2.45) is 11.8 Å². The molecule has 2 unspecified atom stereocenters. The highest BCUT2D eigenvalue weighted by molar-refractivity contribution is 7.47. The van der Waals surface area contributed by atoms with Gasteiger partial charge in [0.25, 0.3) is 0 Å². The highest BCUT2D eigenvalue weighted by atomic mass is 31.2. The summed E-state index contributed by atoms with van der Waals surface area (Å²) in [6, 6.07) is 0. The first-order valence-electron chi connectivity index (χ1n) is 37.0. The second-order valence-corrected chi connectivity index (χ2v) is 29.5. The van der Waals surface area contributed by atoms with Gasteiger partial charge in [-0.05, 0) is 37.5 Å². The molecule has 5 atom stereocenters. The third-order valence-electron chi connectivity index (χ3n) is 16.5. The van der Waals surface area contributed by atoms with Crippen molar-refractivity contribution in [1.82, 2.24) is 0 Å². The Morgan fingerprint density at radius 1 is 0.300 bits per heavy atom. The number of aliphatic hydroxyl groups is 1. The van der Waals surface area contributed by atoms with Crippen molar-refractivity contribution in [2.75, 3.05) is 39.6 Å². The van der Waals surface area contributed by atoms with Gasteiger partial charge in [0, 0.05) is 25.7 Å². The fourth-order valence-electron chi connectivity index (χ4n) is 10.8. The molecule has 0 radical (unpaired) electrons. The third-order valence-corrected chi connectivity index (χ3v) is 18.4. The van der Waals surface area contributed by atoms with Gasteiger partial charge in [-0.3, -0.25) is 37.3 Å². The topological polar surface area (TPSA) is 237 Å². The van der Waals surface area contributed by atoms with E-state index in [4.69, 9.17) is 37.0 Å². The molecule has 0 aliphatic carbocycles. The molecule has 0 aliphatic heterocycles. The van der Waals surface area contributed by atoms with Gasteiger partial charge in [0.2, 0.25) is 0 Å². The molecule has 0 aromatic carbocycles. The maximum atomic E-state index is 13.0. The summed E-state index contributed by atoms with van der Waals surface area (Å²) in [5, 5.41) is 10.6. The fourth-order valence-corrected chi connectivity index (χ4v) is 12.3. The van der Waals surface area contributed by atoms with Crippen molar-refractivity contribution >= 4 is 39.5 Å². The van der Waals surface area contributed by atoms with Crippen molar-refractivity contribution in [2.45, 2.75) is 381 Å². The number of hydrogen-bond acceptors (Lipinski definition) is 15. The van der Waals surface area contributed by atoms with E-state index in [0.717, 1.165) is 108 Å². The van der Waals surface area contributed by atoms with Crippen molar-refractivity contribution < 1.29 is 80.2 Å². The van der Waals surface area contributed by atoms with Crippen LogP contribution in [0.1, 0.15) is 363 Å². The highest BCUT2D eigenvalue weighted by Crippen LogP contribution is 2.45. The lowest BCUT2D eigenvalue weighted by molar-refractivity contribution is -0.161. The summed E-state index contributed by atoms with van der Waals surface area (Å²) in [4.78, 5) is 72.5. The second-order valence-electron chi connectivity index (χ2n) is 26.6. The largest absolute Gasteiger partial charge is 0.472 e. The Kier molecular flexibility index (Phi) is 61.8. The minimum atomic E-state index is -4.95. The Bertz CT molecular complexity index is 1750. The fraction of sp³-hybridized carbons (Fsp3) is 0.944. The van der Waals surface area contributed by atoms with Crippen LogP contribution in [0.2, 0.25) is 0 Å². The van der Waals surface area contributed by atoms with Gasteiger partial charge in [0.15, 0.2) is 12.2 Å². The standard InChI is InChI=1S/C71H138O17P2/c1-7-9-11-13-15-17-18-19-25-31-37-43-49-55-70(75)87-66(59-81-68(73)53-47-41-35-16-14-12-10-8-2)61-85-89(77,78)83-57-65(72)58-84-90(79,80)86-62-67(60-82-69(74)54-48-42-36-30-27-22-24-29-34-40-46-52-64(5)6)88-71(76)56-50-44-38-32-26-21-20-23-28-33-39-45-51-63(3)4/h63-67,72H,7-62H2,1-6H3,(H,77,78)(H,79,80)/t65-,66+,67+/m0/s1. The molecular weight excluding hydrogens is 1190 g/mol. The third kappa shape index (κ3) is 64.8. The zero-order chi connectivity index (χ0) is 66.5. The van der Waals surface area contributed by atoms with Crippen LogP contribution < -0.4 is 0 Å². The van der Waals surface area contributed by atoms with Crippen molar-refractivity contribution in [1.29, 1.82) is 0 Å². The first kappa shape index (κ1) is 88.1. The number of esters is 4. The number of carbonyl (C=O) groups excluding carboxylic acids is 4. The van der Waals surface area contributed by atoms with E-state index in [1.165, 1.54) is 173 Å². The molecule has 0 bridgehead atoms. The van der Waals surface area contributed by atoms with Crippen LogP contribution in [0.3, 0.4) is 0 Å². The number of rotatable bonds is 70. The number of unbranched alkanes of at least 4 members (excludes halogenated alkanes) is 40. The molecule has 90 heavy (non-hydrogen) atoms. The summed E-state index contributed by atoms with van der Waals surface area (Å²) in [6.45, 7) is 9.55. The zero-order valence-corrected chi connectivity index (χ0v) is 60.2. The second kappa shape index (κ2) is 63.1. The summed E-state index contributed by atoms with van der Waals surface area (Å²) in [6.07, 6.45) is 48.5. The molecule has 3 N–H and O–H groups in total. The summed E-state index contributed by atoms with van der Waals surface area (Å²) in [5.41, 5.74) is 0. The number of hydrogen-bond donors (Lipinski definition) is 3. The van der Waals surface area contributed by atoms with Crippen LogP contribution in [-0.4, -0.2) is 96.7 Å². The lowest BCUT2D eigenvalue weighted by Crippen LogP contribution is -2.30. The van der Waals surface area contributed by atoms with Crippen LogP contribution in [0.15, 0.2) is 0 Å². The van der Waals surface area contributed by atoms with Crippen LogP contribution >= 0.6 is 15.6 Å². The number of ether oxygens (including phenoxy) is 4. The molecule has 0 spiro atoms. The molecule has 534 valence electrons. The lowest BCUT2D eigenvalue weighted by atomic mass is 10.0. The Hall–Kier alpha value is -1.94. The summed E-state index contributed by atoms with van der Waals surface area (Å²) in [7, 11) is -9.90. The van der Waals surface area contributed by atoms with E-state index in [2.05, 4.69) is 41.5 Å². The zero-order valence-electron chi connectivity index (χ0n) is 58.4. The molecule has 0 saturated heterocycles. The molecular formula is C71H138O17P2. The number of phosphoric acid groups is 2. The maximum absolute atomic E-state index is 13.0. The number of phosphoric ester groups is 2. The van der Waals surface area contributed by atoms with Crippen molar-refractivity contribution in [3.05, 3.63) is 0 Å². The minimum absolute atomic E-state index is 0.107. The Morgan fingerprint density at radius 3 is 0.756 bits per heavy atom. The average Bonchev–Trinajstić information content (AvgIpc) is 3.61. The van der Waals surface area contributed by atoms with E-state index >= 15 is 0 Å². The van der Waals surface area contributed by atoms with Crippen molar-refractivity contribution in [3.8, 4) is 0 Å². The highest BCUT2D eigenvalue weighted by Gasteiger charge is 2.30. The van der Waals surface area contributed by atoms with Crippen LogP contribution in [0.25, 0.3) is 0 Å². The number of aliphatic hydroxyl groups excluding tert-OH is 1. The van der Waals surface area contributed by atoms with Gasteiger partial charge >= 0.3 is 39.5 Å². The van der Waals surface area contributed by atoms with Gasteiger partial charge in [-0.1, -0.05) is 311 Å². The predicted octanol–water partition coefficient (Wildman–Crippen LogP) is 20.4. The van der Waals surface area contributed by atoms with E-state index in [0.29, 0.717) is 25.7 Å². The molecule has 0 aromatic rings. The molecule has 0 aliphatic rings. The van der Waals surface area contributed by atoms with Crippen LogP contribution in [0, 0.1) is 11.8 Å². The number of carbonyl (C=O) groups is 4. The van der Waals surface area contributed by atoms with Gasteiger partial charge in [-0.25, -0.2) is 9.13 Å². The Morgan fingerprint density at radius 2 is 0.511 bits per heavy atom.